The van der Waals surface area contributed by atoms with Crippen molar-refractivity contribution in [2.75, 3.05) is 0 Å². The molecule has 394 valence electrons. The predicted molar refractivity (Wildman–Crippen MR) is 292 cm³/mol. The maximum absolute atomic E-state index is 13.3. The number of fused-ring (bicyclic) bond motifs is 2. The monoisotopic (exact) mass is 971 g/mol. The van der Waals surface area contributed by atoms with E-state index in [9.17, 15) is 39.6 Å². The number of unbranched alkanes of at least 4 members (excludes halogenated alkanes) is 28. The second-order valence-electron chi connectivity index (χ2n) is 21.1. The first-order valence-corrected chi connectivity index (χ1v) is 28.9. The molecule has 0 amide bonds. The van der Waals surface area contributed by atoms with E-state index in [-0.39, 0.29) is 0 Å². The summed E-state index contributed by atoms with van der Waals surface area (Å²) >= 11 is 0. The molecule has 0 aliphatic carbocycles. The van der Waals surface area contributed by atoms with Crippen LogP contribution in [0.5, 0.6) is 0 Å². The second kappa shape index (κ2) is 36.0. The highest BCUT2D eigenvalue weighted by molar-refractivity contribution is 6.01. The maximum Gasteiger partial charge on any atom is 0.310 e. The van der Waals surface area contributed by atoms with Crippen molar-refractivity contribution in [3.8, 4) is 0 Å². The normalized spacial score (nSPS) is 13.4. The lowest BCUT2D eigenvalue weighted by atomic mass is 9.79. The quantitative estimate of drug-likeness (QED) is 0.0323. The molecule has 4 N–H and O–H groups in total. The van der Waals surface area contributed by atoms with Gasteiger partial charge in [0.1, 0.15) is 0 Å². The van der Waals surface area contributed by atoms with Crippen molar-refractivity contribution in [2.24, 2.45) is 0 Å². The van der Waals surface area contributed by atoms with Crippen LogP contribution in [-0.4, -0.2) is 44.3 Å². The fourth-order valence-corrected chi connectivity index (χ4v) is 11.0. The van der Waals surface area contributed by atoms with Gasteiger partial charge in [-0.15, -0.1) is 0 Å². The van der Waals surface area contributed by atoms with Crippen molar-refractivity contribution < 1.29 is 39.6 Å². The molecule has 0 radical (unpaired) electrons. The fraction of sp³-hybridized carbons (Fsp3) is 0.710. The van der Waals surface area contributed by atoms with Crippen molar-refractivity contribution in [2.45, 2.75) is 283 Å². The number of carboxylic acids is 4. The van der Waals surface area contributed by atoms with Gasteiger partial charge in [0, 0.05) is 0 Å². The lowest BCUT2D eigenvalue weighted by Crippen LogP contribution is -2.19. The third-order valence-corrected chi connectivity index (χ3v) is 15.3. The van der Waals surface area contributed by atoms with Crippen LogP contribution in [0.1, 0.15) is 305 Å². The van der Waals surface area contributed by atoms with E-state index in [4.69, 9.17) is 0 Å². The molecule has 8 heteroatoms. The van der Waals surface area contributed by atoms with E-state index in [0.717, 1.165) is 124 Å². The van der Waals surface area contributed by atoms with Gasteiger partial charge in [0.05, 0.1) is 23.7 Å². The summed E-state index contributed by atoms with van der Waals surface area (Å²) in [7, 11) is 0. The highest BCUT2D eigenvalue weighted by Crippen LogP contribution is 2.41. The summed E-state index contributed by atoms with van der Waals surface area (Å²) in [5.41, 5.74) is 2.22. The number of aliphatic carboxylic acids is 4. The van der Waals surface area contributed by atoms with Crippen LogP contribution in [0.4, 0.5) is 0 Å². The van der Waals surface area contributed by atoms with E-state index >= 15 is 0 Å². The third kappa shape index (κ3) is 21.8. The van der Waals surface area contributed by atoms with Crippen LogP contribution in [0.25, 0.3) is 21.5 Å². The minimum atomic E-state index is -0.950. The van der Waals surface area contributed by atoms with Crippen LogP contribution in [-0.2, 0) is 19.2 Å². The van der Waals surface area contributed by atoms with Crippen LogP contribution >= 0.6 is 0 Å². The molecule has 0 fully saturated rings. The molecule has 0 saturated heterocycles. The van der Waals surface area contributed by atoms with E-state index in [1.807, 2.05) is 36.4 Å². The molecule has 70 heavy (non-hydrogen) atoms. The largest absolute Gasteiger partial charge is 0.481 e. The van der Waals surface area contributed by atoms with Gasteiger partial charge in [0.2, 0.25) is 0 Å². The first-order valence-electron chi connectivity index (χ1n) is 28.9. The van der Waals surface area contributed by atoms with Gasteiger partial charge in [0.15, 0.2) is 0 Å². The zero-order chi connectivity index (χ0) is 50.9. The summed E-state index contributed by atoms with van der Waals surface area (Å²) in [6.07, 6.45) is 36.3. The summed E-state index contributed by atoms with van der Waals surface area (Å²) in [4.78, 5) is 53.1. The zero-order valence-corrected chi connectivity index (χ0v) is 44.7. The van der Waals surface area contributed by atoms with E-state index in [0.29, 0.717) is 47.9 Å². The Labute approximate surface area is 424 Å². The van der Waals surface area contributed by atoms with Gasteiger partial charge in [-0.05, 0) is 106 Å². The summed E-state index contributed by atoms with van der Waals surface area (Å²) < 4.78 is 0. The number of hydrogen-bond acceptors (Lipinski definition) is 4. The van der Waals surface area contributed by atoms with Crippen LogP contribution in [0, 0.1) is 0 Å². The van der Waals surface area contributed by atoms with Gasteiger partial charge >= 0.3 is 23.9 Å². The number of benzene rings is 3. The molecule has 0 aliphatic rings. The Hall–Kier alpha value is -3.94. The van der Waals surface area contributed by atoms with Crippen LogP contribution in [0.15, 0.2) is 36.4 Å². The second-order valence-corrected chi connectivity index (χ2v) is 21.1. The highest BCUT2D eigenvalue weighted by Gasteiger charge is 2.32. The molecular formula is C62H98O8. The Morgan fingerprint density at radius 2 is 0.429 bits per heavy atom. The lowest BCUT2D eigenvalue weighted by Gasteiger charge is -2.24. The molecule has 0 bridgehead atoms. The van der Waals surface area contributed by atoms with Gasteiger partial charge in [-0.25, -0.2) is 0 Å². The van der Waals surface area contributed by atoms with E-state index in [1.165, 1.54) is 103 Å². The standard InChI is InChI=1S/C62H98O8/c1-5-9-13-17-21-25-29-33-37-51(59(63)64)55-43-47-41-49-45-57(53(61(67)68)39-35-31-27-23-19-15-11-7-3)58(54(62(69)70)40-36-32-28-24-20-16-12-8-4)46-50(49)42-48(47)44-56(55)52(60(65)66)38-34-30-26-22-18-14-10-6-2/h41-46,51-54H,5-40H2,1-4H3,(H,63,64)(H,65,66)(H,67,68)(H,69,70). The molecule has 3 aromatic carbocycles. The molecule has 0 saturated carbocycles. The zero-order valence-electron chi connectivity index (χ0n) is 44.7. The van der Waals surface area contributed by atoms with Crippen molar-refractivity contribution in [1.29, 1.82) is 0 Å². The van der Waals surface area contributed by atoms with E-state index in [2.05, 4.69) is 27.7 Å². The van der Waals surface area contributed by atoms with Gasteiger partial charge in [-0.2, -0.15) is 0 Å². The summed E-state index contributed by atoms with van der Waals surface area (Å²) in [5.74, 6) is -7.28. The van der Waals surface area contributed by atoms with E-state index in [1.54, 1.807) is 0 Å². The average molecular weight is 971 g/mol. The molecule has 0 heterocycles. The number of carboxylic acid groups (broad SMARTS) is 4. The van der Waals surface area contributed by atoms with Crippen LogP contribution in [0.3, 0.4) is 0 Å². The lowest BCUT2D eigenvalue weighted by molar-refractivity contribution is -0.140. The van der Waals surface area contributed by atoms with Crippen molar-refractivity contribution >= 4 is 45.4 Å². The number of rotatable bonds is 44. The molecule has 0 aliphatic heterocycles. The summed E-state index contributed by atoms with van der Waals surface area (Å²) in [6, 6.07) is 11.6. The van der Waals surface area contributed by atoms with Crippen LogP contribution in [0.2, 0.25) is 0 Å². The SMILES string of the molecule is CCCCCCCCCCC(C(=O)O)c1cc2cc3cc(C(CCCCCCCCCC)C(=O)O)c(C(CCCCCCCCCC)C(=O)O)cc3cc2cc1C(CCCCCCCCCC)C(=O)O. The highest BCUT2D eigenvalue weighted by atomic mass is 16.4. The number of carbonyl (C=O) groups is 4. The molecule has 4 unspecified atom stereocenters. The summed E-state index contributed by atoms with van der Waals surface area (Å²) in [5, 5.41) is 46.5. The molecule has 4 atom stereocenters. The molecule has 0 aromatic heterocycles. The van der Waals surface area contributed by atoms with Gasteiger partial charge in [-0.3, -0.25) is 19.2 Å². The molecular weight excluding hydrogens is 873 g/mol. The Kier molecular flexibility index (Phi) is 31.1. The smallest absolute Gasteiger partial charge is 0.310 e. The van der Waals surface area contributed by atoms with Gasteiger partial charge in [0.25, 0.3) is 0 Å². The predicted octanol–water partition coefficient (Wildman–Crippen LogP) is 18.8. The molecule has 0 spiro atoms. The molecule has 3 rings (SSSR count). The van der Waals surface area contributed by atoms with Crippen molar-refractivity contribution in [1.82, 2.24) is 0 Å². The van der Waals surface area contributed by atoms with Crippen molar-refractivity contribution in [3.63, 3.8) is 0 Å². The molecule has 8 nitrogen and oxygen atoms in total. The Balaban J connectivity index is 2.14. The minimum Gasteiger partial charge on any atom is -0.481 e. The van der Waals surface area contributed by atoms with Crippen LogP contribution < -0.4 is 0 Å². The Morgan fingerprint density at radius 1 is 0.271 bits per heavy atom. The Morgan fingerprint density at radius 3 is 0.586 bits per heavy atom. The van der Waals surface area contributed by atoms with Crippen molar-refractivity contribution in [3.05, 3.63) is 58.7 Å². The third-order valence-electron chi connectivity index (χ3n) is 15.3. The fourth-order valence-electron chi connectivity index (χ4n) is 11.0. The topological polar surface area (TPSA) is 149 Å². The summed E-state index contributed by atoms with van der Waals surface area (Å²) in [6.45, 7) is 8.82. The molecule has 3 aromatic rings. The average Bonchev–Trinajstić information content (AvgIpc) is 3.33. The van der Waals surface area contributed by atoms with Gasteiger partial charge < -0.3 is 20.4 Å². The van der Waals surface area contributed by atoms with E-state index < -0.39 is 47.5 Å². The first kappa shape index (κ1) is 60.4. The number of hydrogen-bond donors (Lipinski definition) is 4. The first-order chi connectivity index (χ1) is 34.0. The Bertz CT molecular complexity index is 1680. The maximum atomic E-state index is 13.3. The van der Waals surface area contributed by atoms with Gasteiger partial charge in [-0.1, -0.05) is 233 Å². The minimum absolute atomic E-state index is 0.419.